The van der Waals surface area contributed by atoms with Gasteiger partial charge in [0, 0.05) is 11.1 Å². The van der Waals surface area contributed by atoms with E-state index in [1.165, 1.54) is 6.20 Å². The SMILES string of the molecule is N#Cc1cnc2c(S)c(S)c(=S)[nH]c2c1Cl. The highest BCUT2D eigenvalue weighted by molar-refractivity contribution is 7.84. The molecule has 16 heavy (non-hydrogen) atoms. The molecule has 0 bridgehead atoms. The number of rotatable bonds is 0. The number of H-pyrrole nitrogens is 1. The molecule has 0 spiro atoms. The fraction of sp³-hybridized carbons (Fsp3) is 0. The van der Waals surface area contributed by atoms with E-state index in [0.29, 0.717) is 36.1 Å². The Bertz CT molecular complexity index is 687. The van der Waals surface area contributed by atoms with Crippen molar-refractivity contribution >= 4 is 60.1 Å². The van der Waals surface area contributed by atoms with Gasteiger partial charge in [0.1, 0.15) is 16.2 Å². The van der Waals surface area contributed by atoms with Gasteiger partial charge in [0.15, 0.2) is 0 Å². The van der Waals surface area contributed by atoms with Gasteiger partial charge in [0.25, 0.3) is 0 Å². The van der Waals surface area contributed by atoms with E-state index in [0.717, 1.165) is 0 Å². The summed E-state index contributed by atoms with van der Waals surface area (Å²) in [6.45, 7) is 0. The van der Waals surface area contributed by atoms with Crippen LogP contribution < -0.4 is 0 Å². The van der Waals surface area contributed by atoms with Crippen molar-refractivity contribution in [1.29, 1.82) is 5.26 Å². The van der Waals surface area contributed by atoms with Gasteiger partial charge in [0.05, 0.1) is 21.0 Å². The van der Waals surface area contributed by atoms with Crippen LogP contribution in [-0.4, -0.2) is 9.97 Å². The molecule has 2 aromatic heterocycles. The van der Waals surface area contributed by atoms with Gasteiger partial charge in [0.2, 0.25) is 0 Å². The van der Waals surface area contributed by atoms with E-state index in [2.05, 4.69) is 35.2 Å². The average Bonchev–Trinajstić information content (AvgIpc) is 2.28. The molecule has 80 valence electrons. The highest BCUT2D eigenvalue weighted by Crippen LogP contribution is 2.31. The minimum atomic E-state index is 0.291. The Labute approximate surface area is 112 Å². The molecule has 2 aromatic rings. The maximum absolute atomic E-state index is 8.82. The number of hydrogen-bond donors (Lipinski definition) is 3. The molecule has 0 aliphatic carbocycles. The molecular formula is C9H4ClN3S3. The Morgan fingerprint density at radius 2 is 2.12 bits per heavy atom. The summed E-state index contributed by atoms with van der Waals surface area (Å²) in [5.74, 6) is 0. The Morgan fingerprint density at radius 3 is 2.75 bits per heavy atom. The zero-order chi connectivity index (χ0) is 11.9. The summed E-state index contributed by atoms with van der Waals surface area (Å²) in [5.41, 5.74) is 1.35. The van der Waals surface area contributed by atoms with Crippen molar-refractivity contribution < 1.29 is 0 Å². The fourth-order valence-electron chi connectivity index (χ4n) is 1.25. The Kier molecular flexibility index (Phi) is 3.13. The Hall–Kier alpha value is -0.740. The number of nitrogens with one attached hydrogen (secondary N) is 1. The predicted octanol–water partition coefficient (Wildman–Crippen LogP) is 3.39. The van der Waals surface area contributed by atoms with E-state index in [1.54, 1.807) is 0 Å². The van der Waals surface area contributed by atoms with Crippen molar-refractivity contribution in [2.24, 2.45) is 0 Å². The molecule has 0 amide bonds. The number of aromatic nitrogens is 2. The lowest BCUT2D eigenvalue weighted by molar-refractivity contribution is 1.15. The lowest BCUT2D eigenvalue weighted by Gasteiger charge is -2.06. The van der Waals surface area contributed by atoms with E-state index >= 15 is 0 Å². The van der Waals surface area contributed by atoms with E-state index < -0.39 is 0 Å². The standard InChI is InChI=1S/C9H4ClN3S3/c10-4-3(1-11)2-12-6-5(4)13-9(16)8(15)7(6)14/h2,15H,(H2,13,14,16). The maximum atomic E-state index is 8.82. The van der Waals surface area contributed by atoms with Gasteiger partial charge in [-0.2, -0.15) is 5.26 Å². The number of halogens is 1. The van der Waals surface area contributed by atoms with Gasteiger partial charge < -0.3 is 4.98 Å². The highest BCUT2D eigenvalue weighted by atomic mass is 35.5. The number of hydrogen-bond acceptors (Lipinski definition) is 5. The van der Waals surface area contributed by atoms with E-state index in [1.807, 2.05) is 6.07 Å². The molecule has 7 heteroatoms. The first-order valence-electron chi connectivity index (χ1n) is 4.08. The molecule has 2 rings (SSSR count). The third kappa shape index (κ3) is 1.70. The number of nitriles is 1. The summed E-state index contributed by atoms with van der Waals surface area (Å²) in [5, 5.41) is 9.12. The highest BCUT2D eigenvalue weighted by Gasteiger charge is 2.11. The first kappa shape index (κ1) is 11.7. The maximum Gasteiger partial charge on any atom is 0.118 e. The summed E-state index contributed by atoms with van der Waals surface area (Å²) in [4.78, 5) is 8.08. The van der Waals surface area contributed by atoms with Crippen molar-refractivity contribution in [3.63, 3.8) is 0 Å². The van der Waals surface area contributed by atoms with Crippen LogP contribution in [0, 0.1) is 16.0 Å². The third-order valence-electron chi connectivity index (χ3n) is 2.04. The molecule has 0 saturated carbocycles. The van der Waals surface area contributed by atoms with Gasteiger partial charge in [-0.3, -0.25) is 4.98 Å². The van der Waals surface area contributed by atoms with Crippen molar-refractivity contribution in [1.82, 2.24) is 9.97 Å². The molecule has 3 nitrogen and oxygen atoms in total. The molecule has 0 saturated heterocycles. The molecular weight excluding hydrogens is 282 g/mol. The lowest BCUT2D eigenvalue weighted by atomic mass is 10.2. The summed E-state index contributed by atoms with van der Waals surface area (Å²) in [7, 11) is 0. The first-order valence-corrected chi connectivity index (χ1v) is 5.77. The van der Waals surface area contributed by atoms with Gasteiger partial charge >= 0.3 is 0 Å². The monoisotopic (exact) mass is 285 g/mol. The number of pyridine rings is 2. The van der Waals surface area contributed by atoms with Crippen molar-refractivity contribution in [3.8, 4) is 6.07 Å². The summed E-state index contributed by atoms with van der Waals surface area (Å²) >= 11 is 19.6. The summed E-state index contributed by atoms with van der Waals surface area (Å²) in [6, 6.07) is 1.95. The van der Waals surface area contributed by atoms with Gasteiger partial charge in [-0.05, 0) is 0 Å². The largest absolute Gasteiger partial charge is 0.343 e. The summed E-state index contributed by atoms with van der Waals surface area (Å²) < 4.78 is 0.416. The quantitative estimate of drug-likeness (QED) is 0.514. The number of aromatic amines is 1. The molecule has 0 aliphatic rings. The van der Waals surface area contributed by atoms with Crippen molar-refractivity contribution in [3.05, 3.63) is 21.4 Å². The number of thiol groups is 2. The molecule has 0 fully saturated rings. The Balaban J connectivity index is 3.04. The van der Waals surface area contributed by atoms with E-state index in [-0.39, 0.29) is 0 Å². The summed E-state index contributed by atoms with van der Waals surface area (Å²) in [6.07, 6.45) is 1.40. The second-order valence-electron chi connectivity index (χ2n) is 2.97. The van der Waals surface area contributed by atoms with Gasteiger partial charge in [-0.15, -0.1) is 25.3 Å². The minimum Gasteiger partial charge on any atom is -0.343 e. The molecule has 0 unspecified atom stereocenters. The van der Waals surface area contributed by atoms with Crippen LogP contribution in [0.5, 0.6) is 0 Å². The number of nitrogens with zero attached hydrogens (tertiary/aromatic N) is 2. The van der Waals surface area contributed by atoms with Gasteiger partial charge in [-0.1, -0.05) is 23.8 Å². The molecule has 1 N–H and O–H groups in total. The molecule has 0 atom stereocenters. The Morgan fingerprint density at radius 1 is 1.44 bits per heavy atom. The fourth-order valence-corrected chi connectivity index (χ4v) is 2.20. The smallest absolute Gasteiger partial charge is 0.118 e. The topological polar surface area (TPSA) is 52.5 Å². The van der Waals surface area contributed by atoms with Gasteiger partial charge in [-0.25, -0.2) is 0 Å². The normalized spacial score (nSPS) is 10.4. The third-order valence-corrected chi connectivity index (χ3v) is 3.95. The zero-order valence-corrected chi connectivity index (χ0v) is 11.0. The van der Waals surface area contributed by atoms with Crippen molar-refractivity contribution in [2.45, 2.75) is 9.79 Å². The van der Waals surface area contributed by atoms with Crippen LogP contribution in [0.1, 0.15) is 5.56 Å². The van der Waals surface area contributed by atoms with Crippen LogP contribution in [0.3, 0.4) is 0 Å². The van der Waals surface area contributed by atoms with Crippen LogP contribution >= 0.6 is 49.1 Å². The van der Waals surface area contributed by atoms with E-state index in [4.69, 9.17) is 29.1 Å². The molecule has 0 radical (unpaired) electrons. The molecule has 2 heterocycles. The molecule has 0 aliphatic heterocycles. The number of fused-ring (bicyclic) bond motifs is 1. The van der Waals surface area contributed by atoms with Crippen LogP contribution in [0.15, 0.2) is 16.0 Å². The second kappa shape index (κ2) is 4.26. The van der Waals surface area contributed by atoms with Crippen molar-refractivity contribution in [2.75, 3.05) is 0 Å². The van der Waals surface area contributed by atoms with Crippen LogP contribution in [-0.2, 0) is 0 Å². The average molecular weight is 286 g/mol. The predicted molar refractivity (Wildman–Crippen MR) is 71.2 cm³/mol. The second-order valence-corrected chi connectivity index (χ2v) is 4.65. The minimum absolute atomic E-state index is 0.291. The zero-order valence-electron chi connectivity index (χ0n) is 7.65. The van der Waals surface area contributed by atoms with Crippen LogP contribution in [0.25, 0.3) is 11.0 Å². The first-order chi connectivity index (χ1) is 7.56. The lowest BCUT2D eigenvalue weighted by Crippen LogP contribution is -1.92. The molecule has 0 aromatic carbocycles. The van der Waals surface area contributed by atoms with Crippen LogP contribution in [0.2, 0.25) is 5.02 Å². The van der Waals surface area contributed by atoms with Crippen LogP contribution in [0.4, 0.5) is 0 Å². The van der Waals surface area contributed by atoms with E-state index in [9.17, 15) is 0 Å².